The summed E-state index contributed by atoms with van der Waals surface area (Å²) in [5.74, 6) is 0.416. The first-order valence-corrected chi connectivity index (χ1v) is 7.49. The molecule has 20 heavy (non-hydrogen) atoms. The molecular formula is C13H12ClN5S. The average Bonchev–Trinajstić information content (AvgIpc) is 3.11. The van der Waals surface area contributed by atoms with Gasteiger partial charge in [0, 0.05) is 23.8 Å². The van der Waals surface area contributed by atoms with Gasteiger partial charge in [-0.3, -0.25) is 4.98 Å². The predicted molar refractivity (Wildman–Crippen MR) is 79.0 cm³/mol. The highest BCUT2D eigenvalue weighted by atomic mass is 35.5. The van der Waals surface area contributed by atoms with Crippen LogP contribution in [0.3, 0.4) is 0 Å². The molecule has 0 bridgehead atoms. The Morgan fingerprint density at radius 1 is 1.40 bits per heavy atom. The first-order chi connectivity index (χ1) is 9.81. The Kier molecular flexibility index (Phi) is 3.75. The second kappa shape index (κ2) is 5.68. The number of hydrogen-bond acceptors (Lipinski definition) is 5. The van der Waals surface area contributed by atoms with Crippen LogP contribution < -0.4 is 0 Å². The number of aromatic nitrogens is 5. The lowest BCUT2D eigenvalue weighted by Crippen LogP contribution is -2.15. The van der Waals surface area contributed by atoms with E-state index in [1.54, 1.807) is 29.9 Å². The Balaban J connectivity index is 2.07. The SMILES string of the molecule is Cc1ncsc1C(CCl)n1nncc1-c1cccnc1. The molecule has 0 aliphatic rings. The van der Waals surface area contributed by atoms with Crippen LogP contribution in [-0.2, 0) is 0 Å². The zero-order valence-corrected chi connectivity index (χ0v) is 12.3. The molecule has 3 rings (SSSR count). The maximum Gasteiger partial charge on any atom is 0.104 e. The normalized spacial score (nSPS) is 12.5. The summed E-state index contributed by atoms with van der Waals surface area (Å²) in [6, 6.07) is 3.80. The van der Waals surface area contributed by atoms with Gasteiger partial charge in [-0.15, -0.1) is 28.0 Å². The number of hydrogen-bond donors (Lipinski definition) is 0. The summed E-state index contributed by atoms with van der Waals surface area (Å²) in [4.78, 5) is 9.53. The zero-order chi connectivity index (χ0) is 13.9. The molecule has 0 N–H and O–H groups in total. The highest BCUT2D eigenvalue weighted by Crippen LogP contribution is 2.29. The van der Waals surface area contributed by atoms with Crippen molar-refractivity contribution in [2.24, 2.45) is 0 Å². The number of aryl methyl sites for hydroxylation is 1. The van der Waals surface area contributed by atoms with Crippen LogP contribution in [0.5, 0.6) is 0 Å². The Bertz CT molecular complexity index is 694. The van der Waals surface area contributed by atoms with Gasteiger partial charge in [0.25, 0.3) is 0 Å². The summed E-state index contributed by atoms with van der Waals surface area (Å²) < 4.78 is 1.84. The van der Waals surface area contributed by atoms with Crippen LogP contribution in [0.1, 0.15) is 16.6 Å². The van der Waals surface area contributed by atoms with Gasteiger partial charge < -0.3 is 0 Å². The molecule has 0 saturated heterocycles. The topological polar surface area (TPSA) is 56.5 Å². The van der Waals surface area contributed by atoms with Crippen LogP contribution in [-0.4, -0.2) is 30.8 Å². The minimum Gasteiger partial charge on any atom is -0.264 e. The lowest BCUT2D eigenvalue weighted by atomic mass is 10.2. The van der Waals surface area contributed by atoms with Gasteiger partial charge in [-0.2, -0.15) is 0 Å². The van der Waals surface area contributed by atoms with Gasteiger partial charge >= 0.3 is 0 Å². The summed E-state index contributed by atoms with van der Waals surface area (Å²) in [6.07, 6.45) is 5.26. The summed E-state index contributed by atoms with van der Waals surface area (Å²) >= 11 is 7.74. The van der Waals surface area contributed by atoms with Gasteiger partial charge in [-0.25, -0.2) is 9.67 Å². The zero-order valence-electron chi connectivity index (χ0n) is 10.8. The van der Waals surface area contributed by atoms with Gasteiger partial charge in [0.2, 0.25) is 0 Å². The molecule has 3 aromatic heterocycles. The molecular weight excluding hydrogens is 294 g/mol. The third kappa shape index (κ3) is 2.32. The van der Waals surface area contributed by atoms with E-state index in [-0.39, 0.29) is 6.04 Å². The van der Waals surface area contributed by atoms with E-state index in [1.807, 2.05) is 29.2 Å². The fraction of sp³-hybridized carbons (Fsp3) is 0.231. The van der Waals surface area contributed by atoms with Crippen molar-refractivity contribution in [1.82, 2.24) is 25.0 Å². The average molecular weight is 306 g/mol. The predicted octanol–water partition coefficient (Wildman–Crippen LogP) is 2.93. The Hall–Kier alpha value is -1.79. The fourth-order valence-corrected chi connectivity index (χ4v) is 3.34. The van der Waals surface area contributed by atoms with Crippen LogP contribution in [0.15, 0.2) is 36.2 Å². The lowest BCUT2D eigenvalue weighted by molar-refractivity contribution is 0.557. The van der Waals surface area contributed by atoms with Gasteiger partial charge in [0.05, 0.1) is 28.0 Å². The maximum atomic E-state index is 6.16. The Morgan fingerprint density at radius 3 is 2.95 bits per heavy atom. The van der Waals surface area contributed by atoms with E-state index in [0.29, 0.717) is 5.88 Å². The van der Waals surface area contributed by atoms with Crippen molar-refractivity contribution in [3.05, 3.63) is 46.8 Å². The summed E-state index contributed by atoms with van der Waals surface area (Å²) in [6.45, 7) is 1.98. The molecule has 1 atom stereocenters. The highest BCUT2D eigenvalue weighted by molar-refractivity contribution is 7.09. The maximum absolute atomic E-state index is 6.16. The molecule has 102 valence electrons. The van der Waals surface area contributed by atoms with E-state index in [4.69, 9.17) is 11.6 Å². The molecule has 0 fully saturated rings. The van der Waals surface area contributed by atoms with Gasteiger partial charge in [-0.1, -0.05) is 5.21 Å². The minimum absolute atomic E-state index is 0.0677. The first-order valence-electron chi connectivity index (χ1n) is 6.07. The smallest absolute Gasteiger partial charge is 0.104 e. The second-order valence-corrected chi connectivity index (χ2v) is 5.47. The molecule has 3 aromatic rings. The van der Waals surface area contributed by atoms with Crippen LogP contribution >= 0.6 is 22.9 Å². The molecule has 0 radical (unpaired) electrons. The monoisotopic (exact) mass is 305 g/mol. The molecule has 0 saturated carbocycles. The van der Waals surface area contributed by atoms with E-state index in [9.17, 15) is 0 Å². The van der Waals surface area contributed by atoms with Crippen LogP contribution in [0.25, 0.3) is 11.3 Å². The molecule has 0 amide bonds. The van der Waals surface area contributed by atoms with Crippen molar-refractivity contribution in [2.45, 2.75) is 13.0 Å². The molecule has 5 nitrogen and oxygen atoms in total. The lowest BCUT2D eigenvalue weighted by Gasteiger charge is -2.15. The van der Waals surface area contributed by atoms with Gasteiger partial charge in [0.15, 0.2) is 0 Å². The van der Waals surface area contributed by atoms with E-state index in [0.717, 1.165) is 21.8 Å². The van der Waals surface area contributed by atoms with Crippen molar-refractivity contribution in [2.75, 3.05) is 5.88 Å². The summed E-state index contributed by atoms with van der Waals surface area (Å²) in [7, 11) is 0. The highest BCUT2D eigenvalue weighted by Gasteiger charge is 2.21. The third-order valence-electron chi connectivity index (χ3n) is 3.06. The number of rotatable bonds is 4. The van der Waals surface area contributed by atoms with Crippen molar-refractivity contribution in [3.8, 4) is 11.3 Å². The molecule has 0 aromatic carbocycles. The quantitative estimate of drug-likeness (QED) is 0.695. The van der Waals surface area contributed by atoms with E-state index in [1.165, 1.54) is 0 Å². The molecule has 1 unspecified atom stereocenters. The van der Waals surface area contributed by atoms with Crippen molar-refractivity contribution >= 4 is 22.9 Å². The molecule has 0 aliphatic heterocycles. The van der Waals surface area contributed by atoms with Crippen molar-refractivity contribution in [3.63, 3.8) is 0 Å². The van der Waals surface area contributed by atoms with Crippen molar-refractivity contribution < 1.29 is 0 Å². The summed E-state index contributed by atoms with van der Waals surface area (Å²) in [5.41, 5.74) is 4.67. The number of halogens is 1. The number of alkyl halides is 1. The first kappa shape index (κ1) is 13.2. The Morgan fingerprint density at radius 2 is 2.30 bits per heavy atom. The standard InChI is InChI=1S/C13H12ClN5S/c1-9-13(20-8-16-9)11(5-14)19-12(7-17-18-19)10-3-2-4-15-6-10/h2-4,6-8,11H,5H2,1H3. The van der Waals surface area contributed by atoms with Crippen LogP contribution in [0.2, 0.25) is 0 Å². The second-order valence-electron chi connectivity index (χ2n) is 4.28. The molecule has 0 spiro atoms. The number of nitrogens with zero attached hydrogens (tertiary/aromatic N) is 5. The van der Waals surface area contributed by atoms with Gasteiger partial charge in [-0.05, 0) is 19.1 Å². The molecule has 0 aliphatic carbocycles. The fourth-order valence-electron chi connectivity index (χ4n) is 2.07. The largest absolute Gasteiger partial charge is 0.264 e. The molecule has 7 heteroatoms. The van der Waals surface area contributed by atoms with E-state index >= 15 is 0 Å². The summed E-state index contributed by atoms with van der Waals surface area (Å²) in [5, 5.41) is 8.21. The van der Waals surface area contributed by atoms with Gasteiger partial charge in [0.1, 0.15) is 6.04 Å². The van der Waals surface area contributed by atoms with Crippen LogP contribution in [0, 0.1) is 6.92 Å². The minimum atomic E-state index is -0.0677. The number of thiazole rings is 1. The van der Waals surface area contributed by atoms with Crippen LogP contribution in [0.4, 0.5) is 0 Å². The number of pyridine rings is 1. The molecule has 3 heterocycles. The van der Waals surface area contributed by atoms with E-state index < -0.39 is 0 Å². The third-order valence-corrected chi connectivity index (χ3v) is 4.38. The van der Waals surface area contributed by atoms with Crippen molar-refractivity contribution in [1.29, 1.82) is 0 Å². The Labute approximate surface area is 125 Å². The van der Waals surface area contributed by atoms with E-state index in [2.05, 4.69) is 20.3 Å².